The molecule has 0 radical (unpaired) electrons. The second kappa shape index (κ2) is 16.4. The topological polar surface area (TPSA) is 6.48 Å². The highest BCUT2D eigenvalue weighted by Crippen LogP contribution is 2.14. The van der Waals surface area contributed by atoms with Gasteiger partial charge in [-0.05, 0) is 20.0 Å². The lowest BCUT2D eigenvalue weighted by atomic mass is 10.0. The van der Waals surface area contributed by atoms with Gasteiger partial charge in [0.05, 0.1) is 6.67 Å². The summed E-state index contributed by atoms with van der Waals surface area (Å²) in [4.78, 5) is 5.02. The second-order valence-corrected chi connectivity index (χ2v) is 8.14. The Balaban J connectivity index is 1.66. The van der Waals surface area contributed by atoms with Crippen molar-refractivity contribution in [1.82, 2.24) is 9.80 Å². The lowest BCUT2D eigenvalue weighted by Gasteiger charge is -2.14. The molecule has 0 aromatic rings. The van der Waals surface area contributed by atoms with Gasteiger partial charge >= 0.3 is 0 Å². The fourth-order valence-electron chi connectivity index (χ4n) is 3.86. The van der Waals surface area contributed by atoms with E-state index in [2.05, 4.69) is 23.8 Å². The van der Waals surface area contributed by atoms with Crippen LogP contribution in [0.5, 0.6) is 0 Å². The zero-order valence-corrected chi connectivity index (χ0v) is 17.0. The van der Waals surface area contributed by atoms with Crippen LogP contribution in [0.15, 0.2) is 0 Å². The average molecular weight is 339 g/mol. The van der Waals surface area contributed by atoms with Crippen LogP contribution in [0.3, 0.4) is 0 Å². The maximum atomic E-state index is 2.60. The van der Waals surface area contributed by atoms with Gasteiger partial charge in [-0.3, -0.25) is 9.80 Å². The number of hydrogen-bond acceptors (Lipinski definition) is 2. The SMILES string of the molecule is CCCCCCCCCCCCCCCCCCN1CCN(C)C1. The molecule has 0 spiro atoms. The van der Waals surface area contributed by atoms with E-state index in [0.29, 0.717) is 0 Å². The van der Waals surface area contributed by atoms with Crippen molar-refractivity contribution in [1.29, 1.82) is 0 Å². The van der Waals surface area contributed by atoms with E-state index in [4.69, 9.17) is 0 Å². The first kappa shape index (κ1) is 22.0. The van der Waals surface area contributed by atoms with Gasteiger partial charge in [0.25, 0.3) is 0 Å². The van der Waals surface area contributed by atoms with E-state index in [0.717, 1.165) is 0 Å². The third-order valence-electron chi connectivity index (χ3n) is 5.57. The highest BCUT2D eigenvalue weighted by Gasteiger charge is 2.14. The summed E-state index contributed by atoms with van der Waals surface area (Å²) < 4.78 is 0. The maximum Gasteiger partial charge on any atom is 0.0504 e. The molecule has 0 aromatic carbocycles. The van der Waals surface area contributed by atoms with Crippen LogP contribution in [0, 0.1) is 0 Å². The Morgan fingerprint density at radius 2 is 0.958 bits per heavy atom. The Kier molecular flexibility index (Phi) is 15.0. The Morgan fingerprint density at radius 3 is 1.33 bits per heavy atom. The van der Waals surface area contributed by atoms with Crippen molar-refractivity contribution in [3.05, 3.63) is 0 Å². The lowest BCUT2D eigenvalue weighted by Crippen LogP contribution is -2.24. The van der Waals surface area contributed by atoms with Crippen molar-refractivity contribution in [2.24, 2.45) is 0 Å². The van der Waals surface area contributed by atoms with Gasteiger partial charge in [0.15, 0.2) is 0 Å². The number of likely N-dealkylation sites (N-methyl/N-ethyl adjacent to an activating group) is 1. The molecule has 2 nitrogen and oxygen atoms in total. The van der Waals surface area contributed by atoms with Crippen LogP contribution in [0.25, 0.3) is 0 Å². The minimum atomic E-state index is 1.19. The first-order chi connectivity index (χ1) is 11.8. The number of rotatable bonds is 17. The van der Waals surface area contributed by atoms with Crippen molar-refractivity contribution in [2.75, 3.05) is 33.4 Å². The minimum Gasteiger partial charge on any atom is -0.292 e. The van der Waals surface area contributed by atoms with Gasteiger partial charge in [-0.1, -0.05) is 103 Å². The van der Waals surface area contributed by atoms with Crippen LogP contribution < -0.4 is 0 Å². The summed E-state index contributed by atoms with van der Waals surface area (Å²) in [6.45, 7) is 7.36. The van der Waals surface area contributed by atoms with Crippen LogP contribution in [0.1, 0.15) is 110 Å². The molecule has 1 aliphatic rings. The third kappa shape index (κ3) is 13.2. The summed E-state index contributed by atoms with van der Waals surface area (Å²) in [6.07, 6.45) is 23.4. The summed E-state index contributed by atoms with van der Waals surface area (Å²) in [5.74, 6) is 0. The molecule has 0 unspecified atom stereocenters. The van der Waals surface area contributed by atoms with Gasteiger partial charge in [0.2, 0.25) is 0 Å². The minimum absolute atomic E-state index is 1.19. The molecule has 0 amide bonds. The molecule has 1 rings (SSSR count). The smallest absolute Gasteiger partial charge is 0.0504 e. The number of nitrogens with zero attached hydrogens (tertiary/aromatic N) is 2. The number of unbranched alkanes of at least 4 members (excludes halogenated alkanes) is 15. The summed E-state index contributed by atoms with van der Waals surface area (Å²) in [6, 6.07) is 0. The largest absolute Gasteiger partial charge is 0.292 e. The molecule has 0 N–H and O–H groups in total. The standard InChI is InChI=1S/C22H46N2/c1-3-4-5-6-7-8-9-10-11-12-13-14-15-16-17-18-19-24-21-20-23(2)22-24/h3-22H2,1-2H3. The van der Waals surface area contributed by atoms with Crippen molar-refractivity contribution >= 4 is 0 Å². The van der Waals surface area contributed by atoms with Crippen molar-refractivity contribution < 1.29 is 0 Å². The van der Waals surface area contributed by atoms with Crippen LogP contribution in [-0.4, -0.2) is 43.2 Å². The molecule has 2 heteroatoms. The van der Waals surface area contributed by atoms with Gasteiger partial charge in [-0.15, -0.1) is 0 Å². The van der Waals surface area contributed by atoms with Gasteiger partial charge in [0, 0.05) is 13.1 Å². The van der Waals surface area contributed by atoms with E-state index in [1.54, 1.807) is 0 Å². The molecule has 0 aliphatic carbocycles. The average Bonchev–Trinajstić information content (AvgIpc) is 3.00. The maximum absolute atomic E-state index is 2.60. The number of hydrogen-bond donors (Lipinski definition) is 0. The summed E-state index contributed by atoms with van der Waals surface area (Å²) >= 11 is 0. The van der Waals surface area contributed by atoms with Crippen LogP contribution >= 0.6 is 0 Å². The molecule has 0 bridgehead atoms. The van der Waals surface area contributed by atoms with E-state index >= 15 is 0 Å². The van der Waals surface area contributed by atoms with Crippen LogP contribution in [0.2, 0.25) is 0 Å². The molecule has 0 saturated carbocycles. The monoisotopic (exact) mass is 338 g/mol. The van der Waals surface area contributed by atoms with Crippen molar-refractivity contribution in [2.45, 2.75) is 110 Å². The Hall–Kier alpha value is -0.0800. The predicted octanol–water partition coefficient (Wildman–Crippen LogP) is 6.45. The van der Waals surface area contributed by atoms with Crippen LogP contribution in [0.4, 0.5) is 0 Å². The third-order valence-corrected chi connectivity index (χ3v) is 5.57. The van der Waals surface area contributed by atoms with E-state index in [1.807, 2.05) is 0 Å². The van der Waals surface area contributed by atoms with Gasteiger partial charge in [0.1, 0.15) is 0 Å². The van der Waals surface area contributed by atoms with Gasteiger partial charge < -0.3 is 0 Å². The zero-order valence-electron chi connectivity index (χ0n) is 17.0. The summed E-state index contributed by atoms with van der Waals surface area (Å²) in [7, 11) is 2.23. The normalized spacial score (nSPS) is 16.2. The fraction of sp³-hybridized carbons (Fsp3) is 1.00. The van der Waals surface area contributed by atoms with E-state index < -0.39 is 0 Å². The summed E-state index contributed by atoms with van der Waals surface area (Å²) in [5.41, 5.74) is 0. The first-order valence-electron chi connectivity index (χ1n) is 11.2. The molecule has 144 valence electrons. The Morgan fingerprint density at radius 1 is 0.542 bits per heavy atom. The Bertz CT molecular complexity index is 254. The molecular formula is C22H46N2. The first-order valence-corrected chi connectivity index (χ1v) is 11.2. The second-order valence-electron chi connectivity index (χ2n) is 8.14. The summed E-state index contributed by atoms with van der Waals surface area (Å²) in [5, 5.41) is 0. The van der Waals surface area contributed by atoms with E-state index in [1.165, 1.54) is 129 Å². The molecule has 0 atom stereocenters. The molecule has 1 heterocycles. The highest BCUT2D eigenvalue weighted by molar-refractivity contribution is 4.67. The highest BCUT2D eigenvalue weighted by atomic mass is 15.4. The van der Waals surface area contributed by atoms with Crippen LogP contribution in [-0.2, 0) is 0 Å². The Labute approximate surface area is 153 Å². The van der Waals surface area contributed by atoms with Crippen molar-refractivity contribution in [3.63, 3.8) is 0 Å². The molecule has 24 heavy (non-hydrogen) atoms. The molecule has 1 saturated heterocycles. The van der Waals surface area contributed by atoms with Crippen molar-refractivity contribution in [3.8, 4) is 0 Å². The molecule has 1 aliphatic heterocycles. The fourth-order valence-corrected chi connectivity index (χ4v) is 3.86. The van der Waals surface area contributed by atoms with Gasteiger partial charge in [-0.25, -0.2) is 0 Å². The zero-order chi connectivity index (χ0) is 17.3. The van der Waals surface area contributed by atoms with Gasteiger partial charge in [-0.2, -0.15) is 0 Å². The quantitative estimate of drug-likeness (QED) is 0.281. The molecule has 0 aromatic heterocycles. The molecule has 1 fully saturated rings. The van der Waals surface area contributed by atoms with E-state index in [-0.39, 0.29) is 0 Å². The van der Waals surface area contributed by atoms with E-state index in [9.17, 15) is 0 Å². The molecular weight excluding hydrogens is 292 g/mol. The predicted molar refractivity (Wildman–Crippen MR) is 109 cm³/mol. The lowest BCUT2D eigenvalue weighted by molar-refractivity contribution is 0.269.